The molecule has 1 aliphatic rings. The largest absolute Gasteiger partial charge is 0.436 e. The molecule has 25 heavy (non-hydrogen) atoms. The van der Waals surface area contributed by atoms with Gasteiger partial charge in [-0.2, -0.15) is 0 Å². The van der Waals surface area contributed by atoms with Crippen molar-refractivity contribution in [1.82, 2.24) is 9.88 Å². The van der Waals surface area contributed by atoms with Crippen LogP contribution in [-0.2, 0) is 0 Å². The minimum atomic E-state index is 0.0379. The van der Waals surface area contributed by atoms with Crippen molar-refractivity contribution in [3.63, 3.8) is 0 Å². The van der Waals surface area contributed by atoms with Crippen LogP contribution in [0.5, 0.6) is 0 Å². The monoisotopic (exact) mass is 438 g/mol. The van der Waals surface area contributed by atoms with E-state index in [2.05, 4.69) is 20.9 Å². The van der Waals surface area contributed by atoms with Crippen molar-refractivity contribution in [2.24, 2.45) is 0 Å². The number of nitrogens with zero attached hydrogens (tertiary/aromatic N) is 2. The number of amides is 1. The summed E-state index contributed by atoms with van der Waals surface area (Å²) in [5, 5.41) is 0.977. The van der Waals surface area contributed by atoms with E-state index < -0.39 is 0 Å². The number of halogens is 3. The molecule has 0 radical (unpaired) electrons. The number of oxazole rings is 1. The van der Waals surface area contributed by atoms with Crippen molar-refractivity contribution in [3.8, 4) is 11.5 Å². The van der Waals surface area contributed by atoms with Crippen LogP contribution < -0.4 is 0 Å². The van der Waals surface area contributed by atoms with Crippen LogP contribution in [0.2, 0.25) is 10.0 Å². The van der Waals surface area contributed by atoms with Gasteiger partial charge in [0, 0.05) is 28.1 Å². The highest BCUT2D eigenvalue weighted by Crippen LogP contribution is 2.37. The molecular weight excluding hydrogens is 427 g/mol. The first-order valence-electron chi connectivity index (χ1n) is 7.88. The molecule has 3 aromatic rings. The van der Waals surface area contributed by atoms with Gasteiger partial charge in [-0.1, -0.05) is 23.2 Å². The summed E-state index contributed by atoms with van der Waals surface area (Å²) in [6.45, 7) is 1.63. The first-order chi connectivity index (χ1) is 12.0. The van der Waals surface area contributed by atoms with E-state index in [0.717, 1.165) is 25.9 Å². The maximum Gasteiger partial charge on any atom is 0.253 e. The Morgan fingerprint density at radius 2 is 1.92 bits per heavy atom. The van der Waals surface area contributed by atoms with Gasteiger partial charge in [-0.3, -0.25) is 4.79 Å². The van der Waals surface area contributed by atoms with E-state index in [0.29, 0.717) is 42.6 Å². The lowest BCUT2D eigenvalue weighted by Crippen LogP contribution is -2.27. The predicted molar refractivity (Wildman–Crippen MR) is 102 cm³/mol. The number of likely N-dealkylation sites (tertiary alicyclic amines) is 1. The lowest BCUT2D eigenvalue weighted by molar-refractivity contribution is 0.0793. The molecule has 2 heterocycles. The van der Waals surface area contributed by atoms with Gasteiger partial charge in [-0.25, -0.2) is 4.98 Å². The zero-order chi connectivity index (χ0) is 17.6. The Labute approximate surface area is 162 Å². The minimum absolute atomic E-state index is 0.0379. The Morgan fingerprint density at radius 1 is 1.16 bits per heavy atom. The highest BCUT2D eigenvalue weighted by atomic mass is 79.9. The smallest absolute Gasteiger partial charge is 0.253 e. The topological polar surface area (TPSA) is 46.3 Å². The summed E-state index contributed by atoms with van der Waals surface area (Å²) in [5.74, 6) is 0.438. The van der Waals surface area contributed by atoms with Crippen LogP contribution in [0, 0.1) is 0 Å². The Balaban J connectivity index is 1.75. The van der Waals surface area contributed by atoms with Crippen molar-refractivity contribution in [2.75, 3.05) is 13.1 Å². The molecule has 1 amide bonds. The number of rotatable bonds is 2. The number of carbonyl (C=O) groups excluding carboxylic acids is 1. The fourth-order valence-corrected chi connectivity index (χ4v) is 3.88. The number of benzene rings is 2. The summed E-state index contributed by atoms with van der Waals surface area (Å²) in [5.41, 5.74) is 2.53. The summed E-state index contributed by atoms with van der Waals surface area (Å²) >= 11 is 15.7. The maximum absolute atomic E-state index is 12.5. The minimum Gasteiger partial charge on any atom is -0.436 e. The number of hydrogen-bond donors (Lipinski definition) is 0. The molecule has 0 spiro atoms. The van der Waals surface area contributed by atoms with Gasteiger partial charge in [-0.05, 0) is 59.1 Å². The van der Waals surface area contributed by atoms with Crippen molar-refractivity contribution in [3.05, 3.63) is 50.4 Å². The fraction of sp³-hybridized carbons (Fsp3) is 0.222. The van der Waals surface area contributed by atoms with Crippen LogP contribution in [0.15, 0.2) is 39.2 Å². The molecule has 0 saturated carbocycles. The standard InChI is InChI=1S/C18H13BrCl2N2O2/c19-16-12(8-11(20)9-13(16)21)17-22-14-7-10(3-4-15(14)25-17)18(24)23-5-1-2-6-23/h3-4,7-9H,1-2,5-6H2. The first kappa shape index (κ1) is 16.9. The Bertz CT molecular complexity index is 981. The van der Waals surface area contributed by atoms with Crippen LogP contribution >= 0.6 is 39.1 Å². The van der Waals surface area contributed by atoms with E-state index in [1.807, 2.05) is 4.90 Å². The number of fused-ring (bicyclic) bond motifs is 1. The summed E-state index contributed by atoms with van der Waals surface area (Å²) < 4.78 is 6.49. The molecule has 128 valence electrons. The van der Waals surface area contributed by atoms with E-state index in [1.165, 1.54) is 0 Å². The van der Waals surface area contributed by atoms with Gasteiger partial charge in [-0.15, -0.1) is 0 Å². The summed E-state index contributed by atoms with van der Waals surface area (Å²) in [6, 6.07) is 8.70. The van der Waals surface area contributed by atoms with Gasteiger partial charge in [0.25, 0.3) is 5.91 Å². The number of aromatic nitrogens is 1. The molecule has 0 N–H and O–H groups in total. The van der Waals surface area contributed by atoms with Gasteiger partial charge in [0.15, 0.2) is 5.58 Å². The molecule has 7 heteroatoms. The summed E-state index contributed by atoms with van der Waals surface area (Å²) in [4.78, 5) is 18.9. The SMILES string of the molecule is O=C(c1ccc2oc(-c3cc(Cl)cc(Cl)c3Br)nc2c1)N1CCCC1. The van der Waals surface area contributed by atoms with E-state index in [4.69, 9.17) is 27.6 Å². The third kappa shape index (κ3) is 3.16. The van der Waals surface area contributed by atoms with Crippen LogP contribution in [0.1, 0.15) is 23.2 Å². The fourth-order valence-electron chi connectivity index (χ4n) is 2.99. The zero-order valence-corrected chi connectivity index (χ0v) is 16.2. The molecule has 0 unspecified atom stereocenters. The normalized spacial score (nSPS) is 14.4. The number of carbonyl (C=O) groups is 1. The Hall–Kier alpha value is -1.56. The van der Waals surface area contributed by atoms with Crippen LogP contribution in [0.25, 0.3) is 22.6 Å². The maximum atomic E-state index is 12.5. The molecular formula is C18H13BrCl2N2O2. The Kier molecular flexibility index (Phi) is 4.48. The second-order valence-corrected chi connectivity index (χ2v) is 7.59. The molecule has 0 aliphatic carbocycles. The van der Waals surface area contributed by atoms with Crippen LogP contribution in [-0.4, -0.2) is 28.9 Å². The number of hydrogen-bond acceptors (Lipinski definition) is 3. The second-order valence-electron chi connectivity index (χ2n) is 5.95. The molecule has 4 nitrogen and oxygen atoms in total. The van der Waals surface area contributed by atoms with E-state index >= 15 is 0 Å². The lowest BCUT2D eigenvalue weighted by atomic mass is 10.2. The highest BCUT2D eigenvalue weighted by molar-refractivity contribution is 9.10. The molecule has 1 aliphatic heterocycles. The van der Waals surface area contributed by atoms with Crippen molar-refractivity contribution in [1.29, 1.82) is 0 Å². The Morgan fingerprint density at radius 3 is 2.68 bits per heavy atom. The molecule has 0 atom stereocenters. The van der Waals surface area contributed by atoms with Crippen molar-refractivity contribution in [2.45, 2.75) is 12.8 Å². The van der Waals surface area contributed by atoms with Gasteiger partial charge < -0.3 is 9.32 Å². The third-order valence-corrected chi connectivity index (χ3v) is 5.85. The summed E-state index contributed by atoms with van der Waals surface area (Å²) in [7, 11) is 0. The van der Waals surface area contributed by atoms with Gasteiger partial charge >= 0.3 is 0 Å². The van der Waals surface area contributed by atoms with Gasteiger partial charge in [0.2, 0.25) is 5.89 Å². The molecule has 1 fully saturated rings. The second kappa shape index (κ2) is 6.63. The molecule has 1 aromatic heterocycles. The van der Waals surface area contributed by atoms with Gasteiger partial charge in [0.1, 0.15) is 5.52 Å². The lowest BCUT2D eigenvalue weighted by Gasteiger charge is -2.14. The van der Waals surface area contributed by atoms with Crippen LogP contribution in [0.4, 0.5) is 0 Å². The molecule has 0 bridgehead atoms. The summed E-state index contributed by atoms with van der Waals surface area (Å²) in [6.07, 6.45) is 2.12. The average molecular weight is 440 g/mol. The van der Waals surface area contributed by atoms with Crippen molar-refractivity contribution >= 4 is 56.1 Å². The van der Waals surface area contributed by atoms with E-state index in [1.54, 1.807) is 30.3 Å². The van der Waals surface area contributed by atoms with Crippen LogP contribution in [0.3, 0.4) is 0 Å². The van der Waals surface area contributed by atoms with E-state index in [-0.39, 0.29) is 5.91 Å². The zero-order valence-electron chi connectivity index (χ0n) is 13.1. The van der Waals surface area contributed by atoms with Crippen molar-refractivity contribution < 1.29 is 9.21 Å². The average Bonchev–Trinajstić information content (AvgIpc) is 3.25. The first-order valence-corrected chi connectivity index (χ1v) is 9.42. The third-order valence-electron chi connectivity index (χ3n) is 4.25. The molecule has 2 aromatic carbocycles. The predicted octanol–water partition coefficient (Wildman–Crippen LogP) is 5.80. The highest BCUT2D eigenvalue weighted by Gasteiger charge is 2.21. The molecule has 1 saturated heterocycles. The van der Waals surface area contributed by atoms with E-state index in [9.17, 15) is 4.79 Å². The quantitative estimate of drug-likeness (QED) is 0.474. The van der Waals surface area contributed by atoms with Gasteiger partial charge in [0.05, 0.1) is 10.6 Å². The molecule has 4 rings (SSSR count).